The Bertz CT molecular complexity index is 466. The van der Waals surface area contributed by atoms with E-state index in [4.69, 9.17) is 5.73 Å². The third-order valence-electron chi connectivity index (χ3n) is 4.02. The zero-order chi connectivity index (χ0) is 14.8. The third-order valence-corrected chi connectivity index (χ3v) is 4.02. The first-order valence-corrected chi connectivity index (χ1v) is 7.43. The molecule has 112 valence electrons. The molecule has 0 aliphatic heterocycles. The van der Waals surface area contributed by atoms with Gasteiger partial charge >= 0.3 is 0 Å². The first kappa shape index (κ1) is 15.0. The number of aromatic nitrogens is 2. The van der Waals surface area contributed by atoms with E-state index in [0.717, 1.165) is 31.4 Å². The van der Waals surface area contributed by atoms with Crippen LogP contribution in [-0.2, 0) is 10.2 Å². The van der Waals surface area contributed by atoms with Gasteiger partial charge in [-0.2, -0.15) is 5.10 Å². The Morgan fingerprint density at radius 3 is 2.60 bits per heavy atom. The second-order valence-electron chi connectivity index (χ2n) is 7.06. The molecule has 0 spiro atoms. The fourth-order valence-electron chi connectivity index (χ4n) is 2.71. The summed E-state index contributed by atoms with van der Waals surface area (Å²) in [6.07, 6.45) is 5.74. The number of H-pyrrole nitrogens is 1. The summed E-state index contributed by atoms with van der Waals surface area (Å²) in [5, 5.41) is 9.95. The van der Waals surface area contributed by atoms with Crippen molar-refractivity contribution in [3.05, 3.63) is 11.8 Å². The van der Waals surface area contributed by atoms with Crippen LogP contribution in [0.2, 0.25) is 0 Å². The first-order chi connectivity index (χ1) is 9.28. The molecule has 0 atom stereocenters. The van der Waals surface area contributed by atoms with Crippen molar-refractivity contribution in [1.82, 2.24) is 10.2 Å². The van der Waals surface area contributed by atoms with E-state index in [0.29, 0.717) is 12.2 Å². The molecular formula is C15H26N4O. The molecule has 1 fully saturated rings. The van der Waals surface area contributed by atoms with Crippen LogP contribution >= 0.6 is 0 Å². The van der Waals surface area contributed by atoms with Gasteiger partial charge in [0.15, 0.2) is 5.82 Å². The number of rotatable bonds is 3. The first-order valence-electron chi connectivity index (χ1n) is 7.43. The molecule has 20 heavy (non-hydrogen) atoms. The Balaban J connectivity index is 1.93. The molecule has 0 radical (unpaired) electrons. The van der Waals surface area contributed by atoms with Gasteiger partial charge < -0.3 is 11.1 Å². The van der Waals surface area contributed by atoms with Crippen molar-refractivity contribution in [2.24, 2.45) is 5.73 Å². The smallest absolute Gasteiger partial charge is 0.227 e. The standard InChI is InChI=1S/C15H26N4O/c1-14(2,3)11-9-12(19-18-11)17-13(20)10-15(16)7-5-4-6-8-15/h9H,4-8,10,16H2,1-3H3,(H2,17,18,19,20). The van der Waals surface area contributed by atoms with E-state index in [1.807, 2.05) is 6.07 Å². The van der Waals surface area contributed by atoms with Crippen molar-refractivity contribution in [3.63, 3.8) is 0 Å². The minimum Gasteiger partial charge on any atom is -0.325 e. The van der Waals surface area contributed by atoms with Crippen molar-refractivity contribution in [3.8, 4) is 0 Å². The molecule has 0 saturated heterocycles. The monoisotopic (exact) mass is 278 g/mol. The molecule has 2 rings (SSSR count). The fraction of sp³-hybridized carbons (Fsp3) is 0.733. The number of anilines is 1. The largest absolute Gasteiger partial charge is 0.325 e. The lowest BCUT2D eigenvalue weighted by Crippen LogP contribution is -2.44. The van der Waals surface area contributed by atoms with Crippen LogP contribution in [-0.4, -0.2) is 21.6 Å². The average molecular weight is 278 g/mol. The van der Waals surface area contributed by atoms with E-state index < -0.39 is 0 Å². The Labute approximate surface area is 120 Å². The highest BCUT2D eigenvalue weighted by Gasteiger charge is 2.30. The second kappa shape index (κ2) is 5.56. The molecule has 0 unspecified atom stereocenters. The van der Waals surface area contributed by atoms with E-state index in [1.165, 1.54) is 6.42 Å². The van der Waals surface area contributed by atoms with Crippen LogP contribution in [0.25, 0.3) is 0 Å². The molecule has 5 heteroatoms. The van der Waals surface area contributed by atoms with Crippen LogP contribution in [0, 0.1) is 0 Å². The number of aromatic amines is 1. The lowest BCUT2D eigenvalue weighted by Gasteiger charge is -2.32. The van der Waals surface area contributed by atoms with E-state index in [2.05, 4.69) is 36.3 Å². The molecule has 5 nitrogen and oxygen atoms in total. The zero-order valence-electron chi connectivity index (χ0n) is 12.8. The van der Waals surface area contributed by atoms with Crippen molar-refractivity contribution < 1.29 is 4.79 Å². The third kappa shape index (κ3) is 3.82. The number of hydrogen-bond acceptors (Lipinski definition) is 3. The quantitative estimate of drug-likeness (QED) is 0.794. The molecule has 0 aromatic carbocycles. The van der Waals surface area contributed by atoms with Crippen LogP contribution in [0.3, 0.4) is 0 Å². The van der Waals surface area contributed by atoms with E-state index in [-0.39, 0.29) is 16.9 Å². The topological polar surface area (TPSA) is 83.8 Å². The van der Waals surface area contributed by atoms with Gasteiger partial charge in [0.1, 0.15) is 0 Å². The van der Waals surface area contributed by atoms with Crippen LogP contribution in [0.15, 0.2) is 6.07 Å². The maximum Gasteiger partial charge on any atom is 0.227 e. The minimum atomic E-state index is -0.328. The summed E-state index contributed by atoms with van der Waals surface area (Å²) in [5.74, 6) is 0.542. The van der Waals surface area contributed by atoms with Crippen LogP contribution in [0.1, 0.15) is 65.0 Å². The van der Waals surface area contributed by atoms with Crippen LogP contribution < -0.4 is 11.1 Å². The number of carbonyl (C=O) groups excluding carboxylic acids is 1. The molecule has 1 aromatic heterocycles. The van der Waals surface area contributed by atoms with Gasteiger partial charge in [0, 0.05) is 29.1 Å². The SMILES string of the molecule is CC(C)(C)c1cc(NC(=O)CC2(N)CCCCC2)n[nH]1. The van der Waals surface area contributed by atoms with Gasteiger partial charge in [-0.1, -0.05) is 40.0 Å². The van der Waals surface area contributed by atoms with Gasteiger partial charge in [0.2, 0.25) is 5.91 Å². The molecule has 1 aliphatic carbocycles. The molecule has 1 amide bonds. The maximum atomic E-state index is 12.1. The Hall–Kier alpha value is -1.36. The molecule has 1 saturated carbocycles. The highest BCUT2D eigenvalue weighted by Crippen LogP contribution is 2.29. The highest BCUT2D eigenvalue weighted by molar-refractivity contribution is 5.90. The summed E-state index contributed by atoms with van der Waals surface area (Å²) in [6, 6.07) is 1.89. The number of nitrogens with two attached hydrogens (primary N) is 1. The Morgan fingerprint density at radius 2 is 2.05 bits per heavy atom. The number of carbonyl (C=O) groups is 1. The lowest BCUT2D eigenvalue weighted by molar-refractivity contribution is -0.117. The number of nitrogens with zero attached hydrogens (tertiary/aromatic N) is 1. The van der Waals surface area contributed by atoms with Gasteiger partial charge in [0.05, 0.1) is 0 Å². The summed E-state index contributed by atoms with van der Waals surface area (Å²) >= 11 is 0. The average Bonchev–Trinajstić information content (AvgIpc) is 2.77. The van der Waals surface area contributed by atoms with Gasteiger partial charge in [-0.05, 0) is 12.8 Å². The molecule has 1 heterocycles. The van der Waals surface area contributed by atoms with Crippen molar-refractivity contribution in [1.29, 1.82) is 0 Å². The van der Waals surface area contributed by atoms with Crippen LogP contribution in [0.4, 0.5) is 5.82 Å². The van der Waals surface area contributed by atoms with Gasteiger partial charge in [-0.15, -0.1) is 0 Å². The van der Waals surface area contributed by atoms with E-state index in [1.54, 1.807) is 0 Å². The predicted molar refractivity (Wildman–Crippen MR) is 80.5 cm³/mol. The molecule has 1 aromatic rings. The van der Waals surface area contributed by atoms with Gasteiger partial charge in [-0.3, -0.25) is 9.89 Å². The summed E-state index contributed by atoms with van der Waals surface area (Å²) in [5.41, 5.74) is 6.97. The van der Waals surface area contributed by atoms with E-state index in [9.17, 15) is 4.79 Å². The molecule has 4 N–H and O–H groups in total. The highest BCUT2D eigenvalue weighted by atomic mass is 16.1. The van der Waals surface area contributed by atoms with Crippen LogP contribution in [0.5, 0.6) is 0 Å². The summed E-state index contributed by atoms with van der Waals surface area (Å²) in [4.78, 5) is 12.1. The maximum absolute atomic E-state index is 12.1. The molecular weight excluding hydrogens is 252 g/mol. The fourth-order valence-corrected chi connectivity index (χ4v) is 2.71. The summed E-state index contributed by atoms with van der Waals surface area (Å²) < 4.78 is 0. The lowest BCUT2D eigenvalue weighted by atomic mass is 9.80. The van der Waals surface area contributed by atoms with Gasteiger partial charge in [-0.25, -0.2) is 0 Å². The number of hydrogen-bond donors (Lipinski definition) is 3. The number of amides is 1. The van der Waals surface area contributed by atoms with Crippen molar-refractivity contribution in [2.45, 2.75) is 70.3 Å². The summed E-state index contributed by atoms with van der Waals surface area (Å²) in [7, 11) is 0. The Morgan fingerprint density at radius 1 is 1.40 bits per heavy atom. The minimum absolute atomic E-state index is 0.00552. The molecule has 0 bridgehead atoms. The van der Waals surface area contributed by atoms with E-state index >= 15 is 0 Å². The normalized spacial score (nSPS) is 18.8. The zero-order valence-corrected chi connectivity index (χ0v) is 12.8. The Kier molecular flexibility index (Phi) is 4.18. The van der Waals surface area contributed by atoms with Crippen molar-refractivity contribution in [2.75, 3.05) is 5.32 Å². The number of nitrogens with one attached hydrogen (secondary N) is 2. The van der Waals surface area contributed by atoms with Gasteiger partial charge in [0.25, 0.3) is 0 Å². The molecule has 1 aliphatic rings. The predicted octanol–water partition coefficient (Wildman–Crippen LogP) is 2.70. The van der Waals surface area contributed by atoms with Crippen molar-refractivity contribution >= 4 is 11.7 Å². The summed E-state index contributed by atoms with van der Waals surface area (Å²) in [6.45, 7) is 6.30. The second-order valence-corrected chi connectivity index (χ2v) is 7.06.